The highest BCUT2D eigenvalue weighted by Crippen LogP contribution is 2.26. The Morgan fingerprint density at radius 3 is 1.68 bits per heavy atom. The second-order valence-electron chi connectivity index (χ2n) is 6.40. The van der Waals surface area contributed by atoms with Gasteiger partial charge in [-0.3, -0.25) is 9.59 Å². The van der Waals surface area contributed by atoms with Gasteiger partial charge in [0, 0.05) is 5.69 Å². The molecule has 0 unspecified atom stereocenters. The van der Waals surface area contributed by atoms with E-state index in [4.69, 9.17) is 0 Å². The molecule has 4 nitrogen and oxygen atoms in total. The van der Waals surface area contributed by atoms with Crippen molar-refractivity contribution in [3.8, 4) is 0 Å². The van der Waals surface area contributed by atoms with Crippen LogP contribution in [0.15, 0.2) is 36.4 Å². The third-order valence-electron chi connectivity index (χ3n) is 4.06. The number of hydrogen-bond acceptors (Lipinski definition) is 2. The van der Waals surface area contributed by atoms with Crippen LogP contribution >= 0.6 is 0 Å². The fraction of sp³-hybridized carbons (Fsp3) is 0.263. The van der Waals surface area contributed by atoms with Gasteiger partial charge in [0.2, 0.25) is 11.8 Å². The molecule has 0 saturated carbocycles. The van der Waals surface area contributed by atoms with Gasteiger partial charge in [0.15, 0.2) is 0 Å². The van der Waals surface area contributed by atoms with E-state index in [2.05, 4.69) is 10.6 Å². The van der Waals surface area contributed by atoms with Gasteiger partial charge in [0.25, 0.3) is 0 Å². The molecule has 0 atom stereocenters. The van der Waals surface area contributed by atoms with E-state index in [1.165, 1.54) is 19.9 Å². The maximum absolute atomic E-state index is 13.7. The monoisotopic (exact) mass is 346 g/mol. The van der Waals surface area contributed by atoms with Crippen molar-refractivity contribution in [1.29, 1.82) is 0 Å². The molecule has 132 valence electrons. The van der Waals surface area contributed by atoms with Crippen LogP contribution < -0.4 is 10.6 Å². The highest BCUT2D eigenvalue weighted by Gasteiger charge is 2.37. The standard InChI is InChI=1S/C19H20F2N2O2/c1-11-7-5-8-12(2)15(11)22-17(24)19(3,4)18(25)23-16-13(20)9-6-10-14(16)21/h5-10H,1-4H3,(H,22,24)(H,23,25). The Balaban J connectivity index is 2.22. The van der Waals surface area contributed by atoms with Gasteiger partial charge < -0.3 is 10.6 Å². The summed E-state index contributed by atoms with van der Waals surface area (Å²) in [6, 6.07) is 8.79. The van der Waals surface area contributed by atoms with E-state index in [0.29, 0.717) is 5.69 Å². The number of amides is 2. The van der Waals surface area contributed by atoms with Gasteiger partial charge >= 0.3 is 0 Å². The molecule has 0 fully saturated rings. The lowest BCUT2D eigenvalue weighted by molar-refractivity contribution is -0.135. The Morgan fingerprint density at radius 1 is 0.800 bits per heavy atom. The molecule has 2 rings (SSSR count). The summed E-state index contributed by atoms with van der Waals surface area (Å²) >= 11 is 0. The number of anilines is 2. The predicted molar refractivity (Wildman–Crippen MR) is 93.3 cm³/mol. The van der Waals surface area contributed by atoms with Crippen molar-refractivity contribution in [2.24, 2.45) is 5.41 Å². The van der Waals surface area contributed by atoms with Crippen molar-refractivity contribution in [2.75, 3.05) is 10.6 Å². The smallest absolute Gasteiger partial charge is 0.239 e. The second-order valence-corrected chi connectivity index (χ2v) is 6.40. The van der Waals surface area contributed by atoms with Crippen LogP contribution in [0.3, 0.4) is 0 Å². The summed E-state index contributed by atoms with van der Waals surface area (Å²) in [6.45, 7) is 6.46. The maximum Gasteiger partial charge on any atom is 0.239 e. The molecule has 0 spiro atoms. The Hall–Kier alpha value is -2.76. The number of carbonyl (C=O) groups excluding carboxylic acids is 2. The molecule has 0 aliphatic heterocycles. The van der Waals surface area contributed by atoms with Crippen LogP contribution in [-0.4, -0.2) is 11.8 Å². The lowest BCUT2D eigenvalue weighted by atomic mass is 9.90. The predicted octanol–water partition coefficient (Wildman–Crippen LogP) is 4.19. The zero-order valence-electron chi connectivity index (χ0n) is 14.5. The van der Waals surface area contributed by atoms with Crippen LogP contribution in [0.1, 0.15) is 25.0 Å². The molecule has 2 amide bonds. The second kappa shape index (κ2) is 7.01. The highest BCUT2D eigenvalue weighted by atomic mass is 19.1. The van der Waals surface area contributed by atoms with E-state index >= 15 is 0 Å². The molecule has 0 bridgehead atoms. The maximum atomic E-state index is 13.7. The lowest BCUT2D eigenvalue weighted by Crippen LogP contribution is -2.42. The Morgan fingerprint density at radius 2 is 1.20 bits per heavy atom. The molecule has 25 heavy (non-hydrogen) atoms. The van der Waals surface area contributed by atoms with Crippen molar-refractivity contribution in [1.82, 2.24) is 0 Å². The lowest BCUT2D eigenvalue weighted by Gasteiger charge is -2.24. The summed E-state index contributed by atoms with van der Waals surface area (Å²) in [6.07, 6.45) is 0. The van der Waals surface area contributed by atoms with E-state index in [1.54, 1.807) is 0 Å². The van der Waals surface area contributed by atoms with E-state index < -0.39 is 34.6 Å². The number of hydrogen-bond donors (Lipinski definition) is 2. The number of nitrogens with one attached hydrogen (secondary N) is 2. The van der Waals surface area contributed by atoms with Gasteiger partial charge in [0.05, 0.1) is 0 Å². The van der Waals surface area contributed by atoms with Crippen LogP contribution in [0.25, 0.3) is 0 Å². The van der Waals surface area contributed by atoms with Gasteiger partial charge in [-0.1, -0.05) is 24.3 Å². The Kier molecular flexibility index (Phi) is 5.21. The highest BCUT2D eigenvalue weighted by molar-refractivity contribution is 6.14. The molecular weight excluding hydrogens is 326 g/mol. The molecule has 2 N–H and O–H groups in total. The summed E-state index contributed by atoms with van der Waals surface area (Å²) in [5.74, 6) is -3.18. The average Bonchev–Trinajstić information content (AvgIpc) is 2.54. The molecule has 2 aromatic carbocycles. The van der Waals surface area contributed by atoms with Crippen LogP contribution in [-0.2, 0) is 9.59 Å². The summed E-state index contributed by atoms with van der Waals surface area (Å²) in [7, 11) is 0. The first-order valence-electron chi connectivity index (χ1n) is 7.77. The molecule has 0 saturated heterocycles. The SMILES string of the molecule is Cc1cccc(C)c1NC(=O)C(C)(C)C(=O)Nc1c(F)cccc1F. The molecule has 2 aromatic rings. The van der Waals surface area contributed by atoms with Crippen LogP contribution in [0.2, 0.25) is 0 Å². The topological polar surface area (TPSA) is 58.2 Å². The van der Waals surface area contributed by atoms with E-state index in [0.717, 1.165) is 23.3 Å². The van der Waals surface area contributed by atoms with Crippen molar-refractivity contribution in [3.63, 3.8) is 0 Å². The summed E-state index contributed by atoms with van der Waals surface area (Å²) < 4.78 is 27.4. The molecule has 0 aromatic heterocycles. The van der Waals surface area contributed by atoms with Gasteiger partial charge in [-0.05, 0) is 51.0 Å². The molecule has 0 radical (unpaired) electrons. The first-order chi connectivity index (χ1) is 11.6. The zero-order valence-corrected chi connectivity index (χ0v) is 14.5. The summed E-state index contributed by atoms with van der Waals surface area (Å²) in [4.78, 5) is 25.0. The van der Waals surface area contributed by atoms with Gasteiger partial charge in [-0.25, -0.2) is 8.78 Å². The third-order valence-corrected chi connectivity index (χ3v) is 4.06. The number of carbonyl (C=O) groups is 2. The van der Waals surface area contributed by atoms with E-state index in [1.807, 2.05) is 32.0 Å². The Labute approximate surface area is 145 Å². The van der Waals surface area contributed by atoms with E-state index in [-0.39, 0.29) is 0 Å². The quantitative estimate of drug-likeness (QED) is 0.816. The Bertz CT molecular complexity index is 724. The molecule has 0 aliphatic carbocycles. The number of para-hydroxylation sites is 2. The fourth-order valence-corrected chi connectivity index (χ4v) is 2.27. The van der Waals surface area contributed by atoms with Crippen molar-refractivity contribution in [2.45, 2.75) is 27.7 Å². The molecule has 0 heterocycles. The van der Waals surface area contributed by atoms with Crippen molar-refractivity contribution < 1.29 is 18.4 Å². The molecule has 6 heteroatoms. The minimum atomic E-state index is -1.54. The number of benzene rings is 2. The number of aryl methyl sites for hydroxylation is 2. The molecule has 0 aliphatic rings. The summed E-state index contributed by atoms with van der Waals surface area (Å²) in [5.41, 5.74) is 0.212. The van der Waals surface area contributed by atoms with Crippen LogP contribution in [0, 0.1) is 30.9 Å². The third kappa shape index (κ3) is 3.84. The average molecular weight is 346 g/mol. The van der Waals surface area contributed by atoms with Crippen molar-refractivity contribution >= 4 is 23.2 Å². The zero-order chi connectivity index (χ0) is 18.8. The minimum absolute atomic E-state index is 0.569. The number of halogens is 2. The van der Waals surface area contributed by atoms with Gasteiger partial charge in [-0.15, -0.1) is 0 Å². The fourth-order valence-electron chi connectivity index (χ4n) is 2.27. The van der Waals surface area contributed by atoms with Gasteiger partial charge in [-0.2, -0.15) is 0 Å². The normalized spacial score (nSPS) is 11.1. The largest absolute Gasteiger partial charge is 0.325 e. The first-order valence-corrected chi connectivity index (χ1v) is 7.77. The molecular formula is C19H20F2N2O2. The van der Waals surface area contributed by atoms with Crippen LogP contribution in [0.4, 0.5) is 20.2 Å². The van der Waals surface area contributed by atoms with Crippen LogP contribution in [0.5, 0.6) is 0 Å². The van der Waals surface area contributed by atoms with Gasteiger partial charge in [0.1, 0.15) is 22.7 Å². The minimum Gasteiger partial charge on any atom is -0.325 e. The summed E-state index contributed by atoms with van der Waals surface area (Å²) in [5, 5.41) is 4.89. The van der Waals surface area contributed by atoms with Crippen molar-refractivity contribution in [3.05, 3.63) is 59.2 Å². The van der Waals surface area contributed by atoms with E-state index in [9.17, 15) is 18.4 Å². The number of rotatable bonds is 4. The first kappa shape index (κ1) is 18.6.